The molecule has 0 bridgehead atoms. The van der Waals surface area contributed by atoms with E-state index in [0.29, 0.717) is 24.7 Å². The van der Waals surface area contributed by atoms with Gasteiger partial charge in [-0.3, -0.25) is 9.08 Å². The Morgan fingerprint density at radius 2 is 2.18 bits per heavy atom. The summed E-state index contributed by atoms with van der Waals surface area (Å²) in [4.78, 5) is 8.84. The molecule has 0 unspecified atom stereocenters. The Morgan fingerprint density at radius 1 is 1.29 bits per heavy atom. The highest BCUT2D eigenvalue weighted by molar-refractivity contribution is 5.78. The van der Waals surface area contributed by atoms with Gasteiger partial charge in [0, 0.05) is 42.9 Å². The van der Waals surface area contributed by atoms with Crippen molar-refractivity contribution in [1.82, 2.24) is 24.1 Å². The Balaban J connectivity index is 1.50. The quantitative estimate of drug-likeness (QED) is 0.591. The molecule has 4 heterocycles. The zero-order valence-corrected chi connectivity index (χ0v) is 15.6. The first kappa shape index (κ1) is 16.7. The number of benzene rings is 1. The van der Waals surface area contributed by atoms with Gasteiger partial charge in [-0.25, -0.2) is 14.4 Å². The lowest BCUT2D eigenvalue weighted by molar-refractivity contribution is 0.356. The van der Waals surface area contributed by atoms with Crippen molar-refractivity contribution in [3.63, 3.8) is 0 Å². The minimum absolute atomic E-state index is 0.236. The molecule has 4 aromatic rings. The first-order valence-electron chi connectivity index (χ1n) is 9.11. The van der Waals surface area contributed by atoms with Gasteiger partial charge in [0.2, 0.25) is 5.95 Å². The Hall–Kier alpha value is -3.42. The molecule has 0 atom stereocenters. The van der Waals surface area contributed by atoms with Crippen LogP contribution in [0.25, 0.3) is 16.8 Å². The van der Waals surface area contributed by atoms with Gasteiger partial charge in [-0.2, -0.15) is 5.10 Å². The van der Waals surface area contributed by atoms with Crippen LogP contribution >= 0.6 is 0 Å². The molecule has 8 heteroatoms. The lowest BCUT2D eigenvalue weighted by Gasteiger charge is -2.13. The maximum atomic E-state index is 14.4. The Labute approximate surface area is 160 Å². The van der Waals surface area contributed by atoms with Crippen LogP contribution in [0.4, 0.5) is 10.3 Å². The molecule has 0 amide bonds. The Morgan fingerprint density at radius 3 is 3.00 bits per heavy atom. The van der Waals surface area contributed by atoms with Crippen LogP contribution in [0.2, 0.25) is 0 Å². The zero-order valence-electron chi connectivity index (χ0n) is 15.6. The number of aryl methyl sites for hydroxylation is 2. The number of ether oxygens (including phenoxy) is 1. The minimum Gasteiger partial charge on any atom is -0.493 e. The fourth-order valence-corrected chi connectivity index (χ4v) is 3.78. The van der Waals surface area contributed by atoms with Crippen LogP contribution in [0.5, 0.6) is 5.75 Å². The predicted octanol–water partition coefficient (Wildman–Crippen LogP) is 3.12. The van der Waals surface area contributed by atoms with Crippen LogP contribution < -0.4 is 10.1 Å². The highest BCUT2D eigenvalue weighted by Gasteiger charge is 2.20. The van der Waals surface area contributed by atoms with E-state index in [2.05, 4.69) is 20.4 Å². The first-order chi connectivity index (χ1) is 13.6. The van der Waals surface area contributed by atoms with E-state index in [9.17, 15) is 4.39 Å². The van der Waals surface area contributed by atoms with Crippen molar-refractivity contribution in [3.8, 4) is 17.0 Å². The van der Waals surface area contributed by atoms with E-state index >= 15 is 0 Å². The molecule has 0 saturated heterocycles. The lowest BCUT2D eigenvalue weighted by atomic mass is 10.0. The molecule has 1 aromatic carbocycles. The number of aromatic nitrogens is 5. The predicted molar refractivity (Wildman–Crippen MR) is 103 cm³/mol. The van der Waals surface area contributed by atoms with Gasteiger partial charge in [0.15, 0.2) is 0 Å². The van der Waals surface area contributed by atoms with E-state index in [0.717, 1.165) is 40.2 Å². The van der Waals surface area contributed by atoms with E-state index in [4.69, 9.17) is 4.74 Å². The standard InChI is InChI=1S/C20H19FN6O/c1-12-7-17(26(2)25-12)15-9-24-20(27-11-22-10-18(15)27)23-8-14-13-5-6-28-19(13)4-3-16(14)21/h3-4,7,9-11H,5-6,8H2,1-2H3,(H,23,24). The van der Waals surface area contributed by atoms with Crippen molar-refractivity contribution in [1.29, 1.82) is 0 Å². The lowest BCUT2D eigenvalue weighted by Crippen LogP contribution is -2.10. The third-order valence-corrected chi connectivity index (χ3v) is 5.10. The summed E-state index contributed by atoms with van der Waals surface area (Å²) in [5, 5.41) is 7.66. The largest absolute Gasteiger partial charge is 0.493 e. The third-order valence-electron chi connectivity index (χ3n) is 5.10. The highest BCUT2D eigenvalue weighted by atomic mass is 19.1. The number of halogens is 1. The summed E-state index contributed by atoms with van der Waals surface area (Å²) in [6, 6.07) is 5.16. The summed E-state index contributed by atoms with van der Waals surface area (Å²) >= 11 is 0. The first-order valence-corrected chi connectivity index (χ1v) is 9.11. The van der Waals surface area contributed by atoms with Crippen molar-refractivity contribution in [2.24, 2.45) is 7.05 Å². The van der Waals surface area contributed by atoms with Gasteiger partial charge >= 0.3 is 0 Å². The van der Waals surface area contributed by atoms with E-state index in [1.165, 1.54) is 6.07 Å². The van der Waals surface area contributed by atoms with Gasteiger partial charge in [-0.1, -0.05) is 0 Å². The Bertz CT molecular complexity index is 1200. The zero-order chi connectivity index (χ0) is 19.3. The molecule has 0 fully saturated rings. The number of nitrogens with one attached hydrogen (secondary N) is 1. The number of anilines is 1. The number of nitrogens with zero attached hydrogens (tertiary/aromatic N) is 5. The van der Waals surface area contributed by atoms with Crippen LogP contribution in [0.15, 0.2) is 36.9 Å². The van der Waals surface area contributed by atoms with E-state index in [1.807, 2.05) is 29.1 Å². The number of rotatable bonds is 4. The second kappa shape index (κ2) is 6.33. The molecular weight excluding hydrogens is 359 g/mol. The van der Waals surface area contributed by atoms with Gasteiger partial charge in [0.1, 0.15) is 17.9 Å². The van der Waals surface area contributed by atoms with Crippen LogP contribution in [0.3, 0.4) is 0 Å². The second-order valence-electron chi connectivity index (χ2n) is 6.89. The Kier molecular flexibility index (Phi) is 3.78. The van der Waals surface area contributed by atoms with Gasteiger partial charge in [-0.05, 0) is 25.1 Å². The molecule has 28 heavy (non-hydrogen) atoms. The normalized spacial score (nSPS) is 13.0. The second-order valence-corrected chi connectivity index (χ2v) is 6.89. The number of fused-ring (bicyclic) bond motifs is 2. The highest BCUT2D eigenvalue weighted by Crippen LogP contribution is 2.31. The van der Waals surface area contributed by atoms with Crippen molar-refractivity contribution < 1.29 is 9.13 Å². The van der Waals surface area contributed by atoms with E-state index in [-0.39, 0.29) is 5.82 Å². The summed E-state index contributed by atoms with van der Waals surface area (Å²) in [5.74, 6) is 1.13. The number of hydrogen-bond donors (Lipinski definition) is 1. The van der Waals surface area contributed by atoms with Gasteiger partial charge < -0.3 is 10.1 Å². The maximum Gasteiger partial charge on any atom is 0.208 e. The summed E-state index contributed by atoms with van der Waals surface area (Å²) < 4.78 is 23.6. The van der Waals surface area contributed by atoms with Crippen LogP contribution in [0.1, 0.15) is 16.8 Å². The summed E-state index contributed by atoms with van der Waals surface area (Å²) in [6.45, 7) is 2.87. The van der Waals surface area contributed by atoms with Gasteiger partial charge in [-0.15, -0.1) is 0 Å². The molecule has 0 radical (unpaired) electrons. The summed E-state index contributed by atoms with van der Waals surface area (Å²) in [7, 11) is 1.90. The summed E-state index contributed by atoms with van der Waals surface area (Å²) in [6.07, 6.45) is 6.01. The molecule has 1 aliphatic heterocycles. The fraction of sp³-hybridized carbons (Fsp3) is 0.250. The molecule has 0 saturated carbocycles. The monoisotopic (exact) mass is 378 g/mol. The average molecular weight is 378 g/mol. The molecule has 3 aromatic heterocycles. The number of imidazole rings is 1. The molecule has 0 aliphatic carbocycles. The molecule has 0 spiro atoms. The molecular formula is C20H19FN6O. The van der Waals surface area contributed by atoms with Crippen LogP contribution in [-0.2, 0) is 20.0 Å². The molecule has 1 aliphatic rings. The smallest absolute Gasteiger partial charge is 0.208 e. The van der Waals surface area contributed by atoms with Gasteiger partial charge in [0.05, 0.1) is 29.7 Å². The third kappa shape index (κ3) is 2.60. The fourth-order valence-electron chi connectivity index (χ4n) is 3.78. The molecule has 1 N–H and O–H groups in total. The molecule has 5 rings (SSSR count). The van der Waals surface area contributed by atoms with Crippen molar-refractivity contribution in [2.75, 3.05) is 11.9 Å². The maximum absolute atomic E-state index is 14.4. The van der Waals surface area contributed by atoms with E-state index in [1.54, 1.807) is 24.8 Å². The number of hydrogen-bond acceptors (Lipinski definition) is 5. The minimum atomic E-state index is -0.236. The topological polar surface area (TPSA) is 69.3 Å². The summed E-state index contributed by atoms with van der Waals surface area (Å²) in [5.41, 5.74) is 5.29. The van der Waals surface area contributed by atoms with Crippen LogP contribution in [-0.4, -0.2) is 30.8 Å². The average Bonchev–Trinajstić information content (AvgIpc) is 3.40. The molecule has 142 valence electrons. The van der Waals surface area contributed by atoms with Crippen molar-refractivity contribution >= 4 is 11.5 Å². The van der Waals surface area contributed by atoms with Crippen LogP contribution in [0, 0.1) is 12.7 Å². The van der Waals surface area contributed by atoms with Crippen molar-refractivity contribution in [3.05, 3.63) is 59.6 Å². The van der Waals surface area contributed by atoms with E-state index < -0.39 is 0 Å². The van der Waals surface area contributed by atoms with Gasteiger partial charge in [0.25, 0.3) is 0 Å². The SMILES string of the molecule is Cc1cc(-c2cnc(NCc3c(F)ccc4c3CCO4)n3cncc23)n(C)n1. The molecule has 7 nitrogen and oxygen atoms in total. The van der Waals surface area contributed by atoms with Crippen molar-refractivity contribution in [2.45, 2.75) is 19.9 Å².